The maximum absolute atomic E-state index is 4.45. The molecule has 17 heavy (non-hydrogen) atoms. The molecule has 2 aromatic heterocycles. The molecule has 0 bridgehead atoms. The second-order valence-corrected chi connectivity index (χ2v) is 4.15. The van der Waals surface area contributed by atoms with Crippen molar-refractivity contribution in [2.24, 2.45) is 0 Å². The molecule has 0 amide bonds. The van der Waals surface area contributed by atoms with E-state index in [0.29, 0.717) is 0 Å². The first-order valence-electron chi connectivity index (χ1n) is 5.88. The molecule has 0 aliphatic heterocycles. The minimum Gasteiger partial charge on any atom is -0.352 e. The van der Waals surface area contributed by atoms with Gasteiger partial charge in [0.05, 0.1) is 5.69 Å². The van der Waals surface area contributed by atoms with Crippen molar-refractivity contribution in [1.82, 2.24) is 14.5 Å². The van der Waals surface area contributed by atoms with Crippen LogP contribution in [0.1, 0.15) is 23.9 Å². The van der Waals surface area contributed by atoms with E-state index in [0.717, 1.165) is 30.4 Å². The van der Waals surface area contributed by atoms with Crippen molar-refractivity contribution in [2.45, 2.75) is 33.9 Å². The van der Waals surface area contributed by atoms with Crippen molar-refractivity contribution in [2.75, 3.05) is 5.32 Å². The Morgan fingerprint density at radius 2 is 2.06 bits per heavy atom. The van der Waals surface area contributed by atoms with Crippen molar-refractivity contribution in [3.05, 3.63) is 41.5 Å². The molecule has 2 heterocycles. The molecule has 2 rings (SSSR count). The number of hydrogen-bond acceptors (Lipinski definition) is 3. The number of imidazole rings is 1. The summed E-state index contributed by atoms with van der Waals surface area (Å²) in [4.78, 5) is 8.72. The van der Waals surface area contributed by atoms with Crippen molar-refractivity contribution < 1.29 is 0 Å². The third kappa shape index (κ3) is 2.84. The highest BCUT2D eigenvalue weighted by molar-refractivity contribution is 5.30. The Morgan fingerprint density at radius 1 is 1.24 bits per heavy atom. The quantitative estimate of drug-likeness (QED) is 0.877. The van der Waals surface area contributed by atoms with Gasteiger partial charge in [-0.2, -0.15) is 0 Å². The number of aryl methyl sites for hydroxylation is 3. The molecule has 0 fully saturated rings. The maximum Gasteiger partial charge on any atom is 0.203 e. The number of anilines is 1. The summed E-state index contributed by atoms with van der Waals surface area (Å²) in [6, 6.07) is 4.11. The molecule has 0 saturated carbocycles. The number of rotatable bonds is 4. The second kappa shape index (κ2) is 4.99. The minimum absolute atomic E-state index is 0.754. The number of pyridine rings is 1. The summed E-state index contributed by atoms with van der Waals surface area (Å²) in [5.41, 5.74) is 3.25. The van der Waals surface area contributed by atoms with E-state index in [-0.39, 0.29) is 0 Å². The molecule has 0 radical (unpaired) electrons. The number of nitrogens with one attached hydrogen (secondary N) is 1. The van der Waals surface area contributed by atoms with E-state index in [2.05, 4.69) is 39.0 Å². The van der Waals surface area contributed by atoms with E-state index in [9.17, 15) is 0 Å². The minimum atomic E-state index is 0.754. The smallest absolute Gasteiger partial charge is 0.203 e. The van der Waals surface area contributed by atoms with Crippen LogP contribution in [0.15, 0.2) is 24.5 Å². The van der Waals surface area contributed by atoms with Gasteiger partial charge in [-0.25, -0.2) is 4.98 Å². The van der Waals surface area contributed by atoms with E-state index >= 15 is 0 Å². The highest BCUT2D eigenvalue weighted by Crippen LogP contribution is 2.10. The molecule has 4 heteroatoms. The van der Waals surface area contributed by atoms with Gasteiger partial charge < -0.3 is 9.88 Å². The van der Waals surface area contributed by atoms with E-state index in [1.54, 1.807) is 0 Å². The average Bonchev–Trinajstić information content (AvgIpc) is 2.69. The Labute approximate surface area is 102 Å². The van der Waals surface area contributed by atoms with Crippen molar-refractivity contribution in [3.63, 3.8) is 0 Å². The standard InChI is InChI=1S/C13H18N4/c1-4-17-9-11(3)16-13(17)15-8-12-6-5-10(2)14-7-12/h5-7,9H,4,8H2,1-3H3,(H,15,16). The lowest BCUT2D eigenvalue weighted by Gasteiger charge is -2.07. The number of hydrogen-bond donors (Lipinski definition) is 1. The van der Waals surface area contributed by atoms with Crippen LogP contribution in [0.25, 0.3) is 0 Å². The normalized spacial score (nSPS) is 10.5. The monoisotopic (exact) mass is 230 g/mol. The van der Waals surface area contributed by atoms with Crippen molar-refractivity contribution in [3.8, 4) is 0 Å². The summed E-state index contributed by atoms with van der Waals surface area (Å²) in [6.07, 6.45) is 3.95. The fraction of sp³-hybridized carbons (Fsp3) is 0.385. The Morgan fingerprint density at radius 3 is 2.71 bits per heavy atom. The third-order valence-corrected chi connectivity index (χ3v) is 2.66. The molecule has 2 aromatic rings. The van der Waals surface area contributed by atoms with Crippen molar-refractivity contribution in [1.29, 1.82) is 0 Å². The Bertz CT molecular complexity index is 485. The Hall–Kier alpha value is -1.84. The summed E-state index contributed by atoms with van der Waals surface area (Å²) < 4.78 is 2.11. The largest absolute Gasteiger partial charge is 0.352 e. The molecule has 0 aliphatic rings. The highest BCUT2D eigenvalue weighted by Gasteiger charge is 2.03. The van der Waals surface area contributed by atoms with Crippen LogP contribution in [-0.2, 0) is 13.1 Å². The topological polar surface area (TPSA) is 42.7 Å². The fourth-order valence-corrected chi connectivity index (χ4v) is 1.71. The number of aromatic nitrogens is 3. The fourth-order valence-electron chi connectivity index (χ4n) is 1.71. The second-order valence-electron chi connectivity index (χ2n) is 4.15. The molecule has 0 atom stereocenters. The van der Waals surface area contributed by atoms with Crippen LogP contribution < -0.4 is 5.32 Å². The van der Waals surface area contributed by atoms with Gasteiger partial charge in [-0.05, 0) is 32.4 Å². The SMILES string of the molecule is CCn1cc(C)nc1NCc1ccc(C)nc1. The third-order valence-electron chi connectivity index (χ3n) is 2.66. The van der Waals surface area contributed by atoms with Crippen LogP contribution >= 0.6 is 0 Å². The zero-order valence-corrected chi connectivity index (χ0v) is 10.6. The van der Waals surface area contributed by atoms with Gasteiger partial charge in [0, 0.05) is 31.2 Å². The van der Waals surface area contributed by atoms with Crippen LogP contribution in [0.5, 0.6) is 0 Å². The summed E-state index contributed by atoms with van der Waals surface area (Å²) in [7, 11) is 0. The van der Waals surface area contributed by atoms with E-state index in [1.807, 2.05) is 26.1 Å². The van der Waals surface area contributed by atoms with Crippen LogP contribution in [-0.4, -0.2) is 14.5 Å². The first-order chi connectivity index (χ1) is 8.19. The van der Waals surface area contributed by atoms with Gasteiger partial charge in [0.1, 0.15) is 0 Å². The molecule has 0 aliphatic carbocycles. The molecule has 4 nitrogen and oxygen atoms in total. The molecule has 1 N–H and O–H groups in total. The summed E-state index contributed by atoms with van der Waals surface area (Å²) in [5, 5.41) is 3.33. The van der Waals surface area contributed by atoms with Gasteiger partial charge in [0.2, 0.25) is 5.95 Å². The molecular formula is C13H18N4. The molecular weight excluding hydrogens is 212 g/mol. The number of nitrogens with zero attached hydrogens (tertiary/aromatic N) is 3. The van der Waals surface area contributed by atoms with Crippen molar-refractivity contribution >= 4 is 5.95 Å². The average molecular weight is 230 g/mol. The van der Waals surface area contributed by atoms with Crippen LogP contribution in [0.2, 0.25) is 0 Å². The summed E-state index contributed by atoms with van der Waals surface area (Å²) in [6.45, 7) is 7.79. The molecule has 0 spiro atoms. The van der Waals surface area contributed by atoms with Crippen LogP contribution in [0.4, 0.5) is 5.95 Å². The highest BCUT2D eigenvalue weighted by atomic mass is 15.2. The lowest BCUT2D eigenvalue weighted by Crippen LogP contribution is -2.06. The maximum atomic E-state index is 4.45. The zero-order chi connectivity index (χ0) is 12.3. The summed E-state index contributed by atoms with van der Waals surface area (Å²) >= 11 is 0. The molecule has 0 unspecified atom stereocenters. The van der Waals surface area contributed by atoms with Gasteiger partial charge in [-0.15, -0.1) is 0 Å². The van der Waals surface area contributed by atoms with E-state index in [1.165, 1.54) is 5.56 Å². The van der Waals surface area contributed by atoms with Crippen LogP contribution in [0.3, 0.4) is 0 Å². The zero-order valence-electron chi connectivity index (χ0n) is 10.6. The predicted octanol–water partition coefficient (Wildman–Crippen LogP) is 2.53. The van der Waals surface area contributed by atoms with E-state index in [4.69, 9.17) is 0 Å². The Kier molecular flexibility index (Phi) is 3.42. The van der Waals surface area contributed by atoms with Gasteiger partial charge in [0.25, 0.3) is 0 Å². The molecule has 90 valence electrons. The Balaban J connectivity index is 2.04. The van der Waals surface area contributed by atoms with E-state index < -0.39 is 0 Å². The van der Waals surface area contributed by atoms with Gasteiger partial charge in [-0.1, -0.05) is 6.07 Å². The van der Waals surface area contributed by atoms with Gasteiger partial charge >= 0.3 is 0 Å². The predicted molar refractivity (Wildman–Crippen MR) is 68.9 cm³/mol. The van der Waals surface area contributed by atoms with Gasteiger partial charge in [0.15, 0.2) is 0 Å². The molecule has 0 saturated heterocycles. The molecule has 0 aromatic carbocycles. The van der Waals surface area contributed by atoms with Gasteiger partial charge in [-0.3, -0.25) is 4.98 Å². The van der Waals surface area contributed by atoms with Crippen LogP contribution in [0, 0.1) is 13.8 Å². The lowest BCUT2D eigenvalue weighted by molar-refractivity contribution is 0.762. The first-order valence-corrected chi connectivity index (χ1v) is 5.88. The lowest BCUT2D eigenvalue weighted by atomic mass is 10.2. The first kappa shape index (κ1) is 11.6. The summed E-state index contributed by atoms with van der Waals surface area (Å²) in [5.74, 6) is 0.922.